The van der Waals surface area contributed by atoms with Crippen molar-refractivity contribution in [3.63, 3.8) is 0 Å². The van der Waals surface area contributed by atoms with Gasteiger partial charge >= 0.3 is 5.97 Å². The molecule has 1 aliphatic heterocycles. The third-order valence-electron chi connectivity index (χ3n) is 4.99. The molecule has 0 atom stereocenters. The van der Waals surface area contributed by atoms with Crippen molar-refractivity contribution in [3.05, 3.63) is 42.1 Å². The molecule has 0 bridgehead atoms. The number of carboxylic acids is 1. The second-order valence-corrected chi connectivity index (χ2v) is 6.84. The second kappa shape index (κ2) is 6.49. The largest absolute Gasteiger partial charge is 0.479 e. The van der Waals surface area contributed by atoms with E-state index in [0.29, 0.717) is 37.6 Å². The Morgan fingerprint density at radius 2 is 2.00 bits per heavy atom. The zero-order valence-corrected chi connectivity index (χ0v) is 15.2. The summed E-state index contributed by atoms with van der Waals surface area (Å²) in [6, 6.07) is 3.77. The van der Waals surface area contributed by atoms with Crippen molar-refractivity contribution in [1.82, 2.24) is 24.9 Å². The van der Waals surface area contributed by atoms with Crippen LogP contribution in [0.5, 0.6) is 0 Å². The molecule has 4 heterocycles. The van der Waals surface area contributed by atoms with Gasteiger partial charge in [0.2, 0.25) is 0 Å². The topological polar surface area (TPSA) is 110 Å². The van der Waals surface area contributed by atoms with Gasteiger partial charge in [0, 0.05) is 38.3 Å². The monoisotopic (exact) mass is 368 g/mol. The molecule has 3 aromatic heterocycles. The number of carboxylic acid groups (broad SMARTS) is 1. The van der Waals surface area contributed by atoms with E-state index in [1.165, 1.54) is 0 Å². The summed E-state index contributed by atoms with van der Waals surface area (Å²) >= 11 is 0. The van der Waals surface area contributed by atoms with Crippen LogP contribution < -0.4 is 4.90 Å². The van der Waals surface area contributed by atoms with Crippen LogP contribution in [0.3, 0.4) is 0 Å². The normalized spacial score (nSPS) is 16.4. The molecular weight excluding hydrogens is 348 g/mol. The van der Waals surface area contributed by atoms with Gasteiger partial charge in [-0.05, 0) is 31.5 Å². The van der Waals surface area contributed by atoms with E-state index in [1.54, 1.807) is 30.2 Å². The number of carbonyl (C=O) groups is 1. The van der Waals surface area contributed by atoms with E-state index in [2.05, 4.69) is 25.1 Å². The number of rotatable bonds is 4. The summed E-state index contributed by atoms with van der Waals surface area (Å²) in [5.41, 5.74) is 0.696. The lowest BCUT2D eigenvalue weighted by molar-refractivity contribution is -0.149. The molecule has 0 saturated carbocycles. The van der Waals surface area contributed by atoms with Crippen molar-refractivity contribution in [1.29, 1.82) is 0 Å². The van der Waals surface area contributed by atoms with Crippen LogP contribution in [-0.2, 0) is 10.3 Å². The lowest BCUT2D eigenvalue weighted by Gasteiger charge is -2.39. The highest BCUT2D eigenvalue weighted by molar-refractivity contribution is 5.77. The number of hydrogen-bond donors (Lipinski definition) is 1. The molecule has 1 saturated heterocycles. The summed E-state index contributed by atoms with van der Waals surface area (Å²) in [6.07, 6.45) is 6.09. The van der Waals surface area contributed by atoms with Crippen LogP contribution in [0.15, 0.2) is 35.2 Å². The van der Waals surface area contributed by atoms with Crippen LogP contribution in [0.25, 0.3) is 11.5 Å². The van der Waals surface area contributed by atoms with Crippen LogP contribution in [-0.4, -0.2) is 49.1 Å². The van der Waals surface area contributed by atoms with E-state index >= 15 is 0 Å². The summed E-state index contributed by atoms with van der Waals surface area (Å²) in [5, 5.41) is 17.9. The molecule has 9 nitrogen and oxygen atoms in total. The Balaban J connectivity index is 1.50. The number of piperidine rings is 1. The van der Waals surface area contributed by atoms with Gasteiger partial charge in [-0.1, -0.05) is 5.16 Å². The maximum absolute atomic E-state index is 12.0. The number of aliphatic carboxylic acids is 1. The summed E-state index contributed by atoms with van der Waals surface area (Å²) in [5.74, 6) is 0.957. The van der Waals surface area contributed by atoms with Crippen molar-refractivity contribution in [2.45, 2.75) is 32.2 Å². The van der Waals surface area contributed by atoms with Crippen molar-refractivity contribution in [2.75, 3.05) is 18.0 Å². The van der Waals surface area contributed by atoms with E-state index in [4.69, 9.17) is 4.52 Å². The molecule has 0 radical (unpaired) electrons. The molecule has 4 rings (SSSR count). The van der Waals surface area contributed by atoms with Gasteiger partial charge < -0.3 is 14.5 Å². The van der Waals surface area contributed by atoms with Gasteiger partial charge in [-0.15, -0.1) is 0 Å². The average molecular weight is 368 g/mol. The minimum absolute atomic E-state index is 0.434. The number of hydrogen-bond acceptors (Lipinski definition) is 7. The number of pyridine rings is 1. The molecule has 27 heavy (non-hydrogen) atoms. The maximum Gasteiger partial charge on any atom is 0.331 e. The number of nitrogens with zero attached hydrogens (tertiary/aromatic N) is 6. The van der Waals surface area contributed by atoms with Crippen molar-refractivity contribution < 1.29 is 14.4 Å². The van der Waals surface area contributed by atoms with E-state index < -0.39 is 11.5 Å². The van der Waals surface area contributed by atoms with Crippen LogP contribution in [0, 0.1) is 13.8 Å². The first-order valence-electron chi connectivity index (χ1n) is 8.75. The maximum atomic E-state index is 12.0. The lowest BCUT2D eigenvalue weighted by atomic mass is 9.87. The Kier molecular flexibility index (Phi) is 4.14. The molecule has 1 N–H and O–H groups in total. The molecule has 0 aromatic carbocycles. The highest BCUT2D eigenvalue weighted by Crippen LogP contribution is 2.32. The lowest BCUT2D eigenvalue weighted by Crippen LogP contribution is -2.51. The van der Waals surface area contributed by atoms with E-state index in [9.17, 15) is 9.90 Å². The number of anilines is 1. The quantitative estimate of drug-likeness (QED) is 0.745. The van der Waals surface area contributed by atoms with Crippen LogP contribution >= 0.6 is 0 Å². The fourth-order valence-electron chi connectivity index (χ4n) is 3.41. The minimum atomic E-state index is -1.01. The molecule has 3 aromatic rings. The van der Waals surface area contributed by atoms with Gasteiger partial charge in [-0.25, -0.2) is 9.78 Å². The van der Waals surface area contributed by atoms with Crippen LogP contribution in [0.4, 0.5) is 5.82 Å². The van der Waals surface area contributed by atoms with Gasteiger partial charge in [0.25, 0.3) is 5.89 Å². The zero-order valence-electron chi connectivity index (χ0n) is 15.2. The highest BCUT2D eigenvalue weighted by Gasteiger charge is 2.44. The predicted octanol–water partition coefficient (Wildman–Crippen LogP) is 2.03. The first-order valence-corrected chi connectivity index (χ1v) is 8.75. The fraction of sp³-hybridized carbons (Fsp3) is 0.389. The molecular formula is C18H20N6O3. The summed E-state index contributed by atoms with van der Waals surface area (Å²) < 4.78 is 6.74. The summed E-state index contributed by atoms with van der Waals surface area (Å²) in [4.78, 5) is 22.8. The van der Waals surface area contributed by atoms with Crippen LogP contribution in [0.1, 0.15) is 24.2 Å². The standard InChI is InChI=1S/C18H20N6O3/c1-12-9-20-24(11-12)18(17(25)26)5-7-23(8-6-18)15-4-3-14(10-19-15)16-21-13(2)22-27-16/h3-4,9-11H,5-8H2,1-2H3,(H,25,26). The molecule has 0 amide bonds. The predicted molar refractivity (Wildman–Crippen MR) is 96.3 cm³/mol. The highest BCUT2D eigenvalue weighted by atomic mass is 16.5. The number of aromatic nitrogens is 5. The Bertz CT molecular complexity index is 954. The van der Waals surface area contributed by atoms with Crippen molar-refractivity contribution >= 4 is 11.8 Å². The first-order chi connectivity index (χ1) is 13.0. The number of aryl methyl sites for hydroxylation is 2. The molecule has 0 aliphatic carbocycles. The summed E-state index contributed by atoms with van der Waals surface area (Å²) in [6.45, 7) is 4.83. The smallest absolute Gasteiger partial charge is 0.331 e. The van der Waals surface area contributed by atoms with Crippen molar-refractivity contribution in [2.24, 2.45) is 0 Å². The van der Waals surface area contributed by atoms with Gasteiger partial charge in [-0.3, -0.25) is 4.68 Å². The summed E-state index contributed by atoms with van der Waals surface area (Å²) in [7, 11) is 0. The Morgan fingerprint density at radius 3 is 2.52 bits per heavy atom. The van der Waals surface area contributed by atoms with Gasteiger partial charge in [0.15, 0.2) is 11.4 Å². The Morgan fingerprint density at radius 1 is 1.22 bits per heavy atom. The van der Waals surface area contributed by atoms with E-state index in [1.807, 2.05) is 19.1 Å². The minimum Gasteiger partial charge on any atom is -0.479 e. The molecule has 1 fully saturated rings. The third kappa shape index (κ3) is 3.05. The zero-order chi connectivity index (χ0) is 19.0. The second-order valence-electron chi connectivity index (χ2n) is 6.84. The average Bonchev–Trinajstić information content (AvgIpc) is 3.30. The SMILES string of the molecule is Cc1cnn(C2(C(=O)O)CCN(c3ccc(-c4nc(C)no4)cn3)CC2)c1. The van der Waals surface area contributed by atoms with Gasteiger partial charge in [0.1, 0.15) is 5.82 Å². The Hall–Kier alpha value is -3.23. The van der Waals surface area contributed by atoms with Crippen LogP contribution in [0.2, 0.25) is 0 Å². The van der Waals surface area contributed by atoms with Gasteiger partial charge in [-0.2, -0.15) is 10.1 Å². The fourth-order valence-corrected chi connectivity index (χ4v) is 3.41. The molecule has 1 aliphatic rings. The third-order valence-corrected chi connectivity index (χ3v) is 4.99. The molecule has 9 heteroatoms. The molecule has 0 spiro atoms. The van der Waals surface area contributed by atoms with Crippen molar-refractivity contribution in [3.8, 4) is 11.5 Å². The van der Waals surface area contributed by atoms with E-state index in [-0.39, 0.29) is 0 Å². The van der Waals surface area contributed by atoms with E-state index in [0.717, 1.165) is 16.9 Å². The van der Waals surface area contributed by atoms with Gasteiger partial charge in [0.05, 0.1) is 11.8 Å². The first kappa shape index (κ1) is 17.2. The molecule has 0 unspecified atom stereocenters. The Labute approximate surface area is 155 Å². The molecule has 140 valence electrons.